The molecule has 4 N–H and O–H groups in total. The van der Waals surface area contributed by atoms with Crippen molar-refractivity contribution in [1.82, 2.24) is 0 Å². The van der Waals surface area contributed by atoms with E-state index in [1.165, 1.54) is 6.07 Å². The van der Waals surface area contributed by atoms with Crippen LogP contribution in [0.15, 0.2) is 42.5 Å². The first-order valence-corrected chi connectivity index (χ1v) is 6.27. The molecule has 0 aliphatic heterocycles. The Hall–Kier alpha value is -2.27. The summed E-state index contributed by atoms with van der Waals surface area (Å²) in [5, 5.41) is 5.90. The van der Waals surface area contributed by atoms with E-state index in [2.05, 4.69) is 10.6 Å². The fraction of sp³-hybridized carbons (Fsp3) is 0.0714. The predicted octanol–water partition coefficient (Wildman–Crippen LogP) is 3.58. The number of urea groups is 1. The van der Waals surface area contributed by atoms with Crippen LogP contribution in [0.2, 0.25) is 5.02 Å². The molecular weight excluding hydrogens is 281 g/mol. The van der Waals surface area contributed by atoms with Gasteiger partial charge in [0.2, 0.25) is 0 Å². The molecule has 0 aliphatic rings. The molecule has 0 heterocycles. The molecule has 0 unspecified atom stereocenters. The van der Waals surface area contributed by atoms with E-state index >= 15 is 0 Å². The van der Waals surface area contributed by atoms with Crippen LogP contribution in [0.3, 0.4) is 0 Å². The summed E-state index contributed by atoms with van der Waals surface area (Å²) in [5.41, 5.74) is 6.93. The second-order valence-corrected chi connectivity index (χ2v) is 4.59. The second-order valence-electron chi connectivity index (χ2n) is 4.16. The Morgan fingerprint density at radius 2 is 1.80 bits per heavy atom. The number of benzene rings is 2. The molecule has 4 nitrogen and oxygen atoms in total. The zero-order valence-electron chi connectivity index (χ0n) is 10.5. The summed E-state index contributed by atoms with van der Waals surface area (Å²) in [6, 6.07) is 10.9. The molecule has 0 radical (unpaired) electrons. The summed E-state index contributed by atoms with van der Waals surface area (Å²) in [7, 11) is 0. The Morgan fingerprint density at radius 3 is 2.40 bits per heavy atom. The van der Waals surface area contributed by atoms with Gasteiger partial charge < -0.3 is 16.4 Å². The molecule has 0 saturated carbocycles. The van der Waals surface area contributed by atoms with Crippen LogP contribution in [-0.4, -0.2) is 6.03 Å². The molecule has 0 fully saturated rings. The van der Waals surface area contributed by atoms with Gasteiger partial charge in [-0.2, -0.15) is 0 Å². The molecule has 0 aliphatic carbocycles. The van der Waals surface area contributed by atoms with Crippen LogP contribution in [0.25, 0.3) is 0 Å². The van der Waals surface area contributed by atoms with E-state index in [0.717, 1.165) is 5.69 Å². The highest BCUT2D eigenvalue weighted by molar-refractivity contribution is 6.30. The number of hydrogen-bond acceptors (Lipinski definition) is 2. The van der Waals surface area contributed by atoms with Crippen molar-refractivity contribution in [3.63, 3.8) is 0 Å². The van der Waals surface area contributed by atoms with E-state index in [1.54, 1.807) is 36.4 Å². The Labute approximate surface area is 120 Å². The minimum absolute atomic E-state index is 0.339. The fourth-order valence-corrected chi connectivity index (χ4v) is 1.83. The number of halogens is 2. The number of anilines is 2. The lowest BCUT2D eigenvalue weighted by atomic mass is 10.2. The van der Waals surface area contributed by atoms with Crippen molar-refractivity contribution in [1.29, 1.82) is 0 Å². The molecule has 2 aromatic carbocycles. The lowest BCUT2D eigenvalue weighted by molar-refractivity contribution is 0.259. The number of carbonyl (C=O) groups is 1. The summed E-state index contributed by atoms with van der Waals surface area (Å²) in [5.74, 6) is -0.350. The van der Waals surface area contributed by atoms with Crippen LogP contribution in [-0.2, 0) is 6.54 Å². The average Bonchev–Trinajstić information content (AvgIpc) is 2.39. The largest absolute Gasteiger partial charge is 0.381 e. The van der Waals surface area contributed by atoms with Crippen molar-refractivity contribution < 1.29 is 9.18 Å². The third-order valence-corrected chi connectivity index (χ3v) is 2.89. The summed E-state index contributed by atoms with van der Waals surface area (Å²) in [4.78, 5) is 10.7. The van der Waals surface area contributed by atoms with Gasteiger partial charge in [0, 0.05) is 28.5 Å². The van der Waals surface area contributed by atoms with Crippen LogP contribution in [0.1, 0.15) is 5.56 Å². The normalized spacial score (nSPS) is 10.1. The third kappa shape index (κ3) is 3.86. The quantitative estimate of drug-likeness (QED) is 0.806. The van der Waals surface area contributed by atoms with Gasteiger partial charge in [-0.3, -0.25) is 0 Å². The number of amides is 2. The smallest absolute Gasteiger partial charge is 0.316 e. The standard InChI is InChI=1S/C14H13ClFN3O/c15-10-2-1-9(13(16)7-10)8-18-11-3-5-12(6-4-11)19-14(17)20/h1-7,18H,8H2,(H3,17,19,20). The molecule has 6 heteroatoms. The van der Waals surface area contributed by atoms with Gasteiger partial charge in [-0.1, -0.05) is 17.7 Å². The van der Waals surface area contributed by atoms with Crippen LogP contribution < -0.4 is 16.4 Å². The van der Waals surface area contributed by atoms with Crippen molar-refractivity contribution in [3.8, 4) is 0 Å². The van der Waals surface area contributed by atoms with Gasteiger partial charge in [0.1, 0.15) is 5.82 Å². The average molecular weight is 294 g/mol. The predicted molar refractivity (Wildman–Crippen MR) is 78.4 cm³/mol. The Bertz CT molecular complexity index is 616. The van der Waals surface area contributed by atoms with Gasteiger partial charge in [-0.25, -0.2) is 9.18 Å². The molecule has 20 heavy (non-hydrogen) atoms. The van der Waals surface area contributed by atoms with Crippen molar-refractivity contribution in [2.45, 2.75) is 6.54 Å². The molecule has 0 atom stereocenters. The van der Waals surface area contributed by atoms with Gasteiger partial charge in [-0.05, 0) is 36.4 Å². The van der Waals surface area contributed by atoms with Gasteiger partial charge in [0.05, 0.1) is 0 Å². The summed E-state index contributed by atoms with van der Waals surface area (Å²) < 4.78 is 13.6. The van der Waals surface area contributed by atoms with Gasteiger partial charge in [-0.15, -0.1) is 0 Å². The van der Waals surface area contributed by atoms with Crippen LogP contribution in [0.4, 0.5) is 20.6 Å². The van der Waals surface area contributed by atoms with Crippen molar-refractivity contribution in [2.24, 2.45) is 5.73 Å². The third-order valence-electron chi connectivity index (χ3n) is 2.65. The maximum absolute atomic E-state index is 13.6. The van der Waals surface area contributed by atoms with Crippen molar-refractivity contribution >= 4 is 29.0 Å². The zero-order valence-corrected chi connectivity index (χ0v) is 11.2. The number of primary amides is 1. The summed E-state index contributed by atoms with van der Waals surface area (Å²) in [6.07, 6.45) is 0. The van der Waals surface area contributed by atoms with E-state index in [0.29, 0.717) is 22.8 Å². The minimum Gasteiger partial charge on any atom is -0.381 e. The minimum atomic E-state index is -0.617. The summed E-state index contributed by atoms with van der Waals surface area (Å²) in [6.45, 7) is 0.339. The number of nitrogens with two attached hydrogens (primary N) is 1. The molecule has 2 aromatic rings. The fourth-order valence-electron chi connectivity index (χ4n) is 1.68. The van der Waals surface area contributed by atoms with E-state index in [1.807, 2.05) is 0 Å². The molecule has 2 rings (SSSR count). The van der Waals surface area contributed by atoms with E-state index in [-0.39, 0.29) is 5.82 Å². The molecule has 0 spiro atoms. The van der Waals surface area contributed by atoms with Gasteiger partial charge in [0.25, 0.3) is 0 Å². The molecule has 2 amide bonds. The zero-order chi connectivity index (χ0) is 14.5. The molecule has 0 aromatic heterocycles. The number of carbonyl (C=O) groups excluding carboxylic acids is 1. The first-order chi connectivity index (χ1) is 9.54. The van der Waals surface area contributed by atoms with Crippen LogP contribution >= 0.6 is 11.6 Å². The highest BCUT2D eigenvalue weighted by atomic mass is 35.5. The maximum Gasteiger partial charge on any atom is 0.316 e. The second kappa shape index (κ2) is 6.25. The SMILES string of the molecule is NC(=O)Nc1ccc(NCc2ccc(Cl)cc2F)cc1. The topological polar surface area (TPSA) is 67.2 Å². The lowest BCUT2D eigenvalue weighted by Crippen LogP contribution is -2.19. The van der Waals surface area contributed by atoms with Crippen LogP contribution in [0, 0.1) is 5.82 Å². The van der Waals surface area contributed by atoms with Crippen molar-refractivity contribution in [2.75, 3.05) is 10.6 Å². The first kappa shape index (κ1) is 14.1. The molecule has 0 saturated heterocycles. The molecule has 0 bridgehead atoms. The van der Waals surface area contributed by atoms with E-state index in [9.17, 15) is 9.18 Å². The first-order valence-electron chi connectivity index (χ1n) is 5.89. The Kier molecular flexibility index (Phi) is 4.42. The number of rotatable bonds is 4. The molecule has 104 valence electrons. The van der Waals surface area contributed by atoms with Gasteiger partial charge in [0.15, 0.2) is 0 Å². The highest BCUT2D eigenvalue weighted by Gasteiger charge is 2.03. The van der Waals surface area contributed by atoms with E-state index in [4.69, 9.17) is 17.3 Å². The Morgan fingerprint density at radius 1 is 1.15 bits per heavy atom. The van der Waals surface area contributed by atoms with Crippen LogP contribution in [0.5, 0.6) is 0 Å². The van der Waals surface area contributed by atoms with E-state index < -0.39 is 6.03 Å². The number of nitrogens with one attached hydrogen (secondary N) is 2. The lowest BCUT2D eigenvalue weighted by Gasteiger charge is -2.09. The number of hydrogen-bond donors (Lipinski definition) is 3. The molecular formula is C14H13ClFN3O. The maximum atomic E-state index is 13.6. The summed E-state index contributed by atoms with van der Waals surface area (Å²) >= 11 is 5.69. The Balaban J connectivity index is 1.98. The van der Waals surface area contributed by atoms with Gasteiger partial charge >= 0.3 is 6.03 Å². The highest BCUT2D eigenvalue weighted by Crippen LogP contribution is 2.17. The monoisotopic (exact) mass is 293 g/mol. The van der Waals surface area contributed by atoms with Crippen molar-refractivity contribution in [3.05, 3.63) is 58.9 Å².